The first-order valence-electron chi connectivity index (χ1n) is 3.40. The number of hydrogen-bond donors (Lipinski definition) is 0. The summed E-state index contributed by atoms with van der Waals surface area (Å²) in [7, 11) is 0. The van der Waals surface area contributed by atoms with E-state index in [2.05, 4.69) is 0 Å². The van der Waals surface area contributed by atoms with E-state index in [0.717, 1.165) is 11.8 Å². The van der Waals surface area contributed by atoms with Crippen molar-refractivity contribution in [2.75, 3.05) is 0 Å². The van der Waals surface area contributed by atoms with Crippen molar-refractivity contribution in [3.8, 4) is 6.07 Å². The number of carbonyl (C=O) groups is 1. The Morgan fingerprint density at radius 3 is 2.83 bits per heavy atom. The van der Waals surface area contributed by atoms with Crippen molar-refractivity contribution in [3.63, 3.8) is 0 Å². The highest BCUT2D eigenvalue weighted by molar-refractivity contribution is 6.31. The molecule has 0 atom stereocenters. The lowest BCUT2D eigenvalue weighted by molar-refractivity contribution is -0.107. The summed E-state index contributed by atoms with van der Waals surface area (Å²) in [5.41, 5.74) is 1.26. The van der Waals surface area contributed by atoms with Gasteiger partial charge in [0.05, 0.1) is 10.6 Å². The van der Waals surface area contributed by atoms with Crippen LogP contribution >= 0.6 is 11.6 Å². The van der Waals surface area contributed by atoms with Gasteiger partial charge in [-0.15, -0.1) is 0 Å². The summed E-state index contributed by atoms with van der Waals surface area (Å²) < 4.78 is 0. The predicted octanol–water partition coefficient (Wildman–Crippen LogP) is 1.95. The summed E-state index contributed by atoms with van der Waals surface area (Å²) in [4.78, 5) is 10.1. The molecular weight excluding hydrogens is 174 g/mol. The lowest BCUT2D eigenvalue weighted by Gasteiger charge is -1.97. The van der Waals surface area contributed by atoms with E-state index >= 15 is 0 Å². The molecule has 0 unspecified atom stereocenters. The number of nitriles is 1. The first-order chi connectivity index (χ1) is 5.77. The summed E-state index contributed by atoms with van der Waals surface area (Å²) in [6.45, 7) is 0. The van der Waals surface area contributed by atoms with E-state index < -0.39 is 0 Å². The van der Waals surface area contributed by atoms with Gasteiger partial charge in [-0.3, -0.25) is 0 Å². The van der Waals surface area contributed by atoms with Crippen LogP contribution in [-0.4, -0.2) is 6.29 Å². The van der Waals surface area contributed by atoms with Crippen LogP contribution in [0.3, 0.4) is 0 Å². The van der Waals surface area contributed by atoms with Gasteiger partial charge in [0.25, 0.3) is 0 Å². The zero-order valence-corrected chi connectivity index (χ0v) is 7.01. The lowest BCUT2D eigenvalue weighted by Crippen LogP contribution is -1.86. The Morgan fingerprint density at radius 2 is 2.33 bits per heavy atom. The normalized spacial score (nSPS) is 9.00. The van der Waals surface area contributed by atoms with Crippen LogP contribution in [-0.2, 0) is 11.2 Å². The van der Waals surface area contributed by atoms with Gasteiger partial charge in [-0.05, 0) is 17.7 Å². The monoisotopic (exact) mass is 179 g/mol. The Kier molecular flexibility index (Phi) is 2.84. The molecule has 1 aromatic rings. The fourth-order valence-corrected chi connectivity index (χ4v) is 1.12. The summed E-state index contributed by atoms with van der Waals surface area (Å²) in [6, 6.07) is 6.91. The molecule has 1 rings (SSSR count). The maximum Gasteiger partial charge on any atom is 0.124 e. The van der Waals surface area contributed by atoms with Gasteiger partial charge in [-0.25, -0.2) is 0 Å². The van der Waals surface area contributed by atoms with Crippen molar-refractivity contribution in [2.45, 2.75) is 6.42 Å². The van der Waals surface area contributed by atoms with E-state index in [4.69, 9.17) is 16.9 Å². The number of benzene rings is 1. The number of aldehydes is 1. The molecule has 0 saturated heterocycles. The molecule has 2 nitrogen and oxygen atoms in total. The van der Waals surface area contributed by atoms with E-state index in [-0.39, 0.29) is 0 Å². The molecule has 12 heavy (non-hydrogen) atoms. The molecule has 1 aromatic carbocycles. The third-order valence-corrected chi connectivity index (χ3v) is 1.79. The maximum atomic E-state index is 10.1. The fourth-order valence-electron chi connectivity index (χ4n) is 0.872. The molecule has 0 aliphatic rings. The second-order valence-corrected chi connectivity index (χ2v) is 2.70. The summed E-state index contributed by atoms with van der Waals surface area (Å²) in [6.07, 6.45) is 1.14. The smallest absolute Gasteiger partial charge is 0.124 e. The van der Waals surface area contributed by atoms with Crippen molar-refractivity contribution < 1.29 is 4.79 Å². The summed E-state index contributed by atoms with van der Waals surface area (Å²) >= 11 is 5.73. The Hall–Kier alpha value is -1.33. The molecule has 0 aromatic heterocycles. The van der Waals surface area contributed by atoms with E-state index in [0.29, 0.717) is 17.0 Å². The largest absolute Gasteiger partial charge is 0.303 e. The summed E-state index contributed by atoms with van der Waals surface area (Å²) in [5, 5.41) is 8.94. The standard InChI is InChI=1S/C9H6ClNO/c10-9-5-7(3-4-12)1-2-8(9)6-11/h1-2,4-5H,3H2. The Bertz CT molecular complexity index is 341. The molecular formula is C9H6ClNO. The van der Waals surface area contributed by atoms with Gasteiger partial charge in [-0.2, -0.15) is 5.26 Å². The zero-order chi connectivity index (χ0) is 8.97. The van der Waals surface area contributed by atoms with Crippen molar-refractivity contribution in [3.05, 3.63) is 34.3 Å². The Balaban J connectivity index is 3.03. The van der Waals surface area contributed by atoms with Crippen molar-refractivity contribution in [1.82, 2.24) is 0 Å². The van der Waals surface area contributed by atoms with Gasteiger partial charge in [0.2, 0.25) is 0 Å². The van der Waals surface area contributed by atoms with E-state index in [1.807, 2.05) is 6.07 Å². The van der Waals surface area contributed by atoms with Gasteiger partial charge < -0.3 is 4.79 Å². The van der Waals surface area contributed by atoms with Gasteiger partial charge in [0, 0.05) is 6.42 Å². The van der Waals surface area contributed by atoms with Crippen LogP contribution < -0.4 is 0 Å². The average molecular weight is 180 g/mol. The van der Waals surface area contributed by atoms with Crippen LogP contribution in [0.25, 0.3) is 0 Å². The van der Waals surface area contributed by atoms with E-state index in [9.17, 15) is 4.79 Å². The summed E-state index contributed by atoms with van der Waals surface area (Å²) in [5.74, 6) is 0. The highest BCUT2D eigenvalue weighted by Crippen LogP contribution is 2.16. The van der Waals surface area contributed by atoms with Crippen molar-refractivity contribution in [1.29, 1.82) is 5.26 Å². The van der Waals surface area contributed by atoms with Crippen molar-refractivity contribution >= 4 is 17.9 Å². The van der Waals surface area contributed by atoms with Crippen LogP contribution in [0, 0.1) is 11.3 Å². The Morgan fingerprint density at radius 1 is 1.58 bits per heavy atom. The second kappa shape index (κ2) is 3.89. The molecule has 0 saturated carbocycles. The van der Waals surface area contributed by atoms with Gasteiger partial charge in [0.15, 0.2) is 0 Å². The zero-order valence-electron chi connectivity index (χ0n) is 6.25. The molecule has 60 valence electrons. The number of rotatable bonds is 2. The number of nitrogens with zero attached hydrogens (tertiary/aromatic N) is 1. The Labute approximate surface area is 75.4 Å². The fraction of sp³-hybridized carbons (Fsp3) is 0.111. The SMILES string of the molecule is N#Cc1ccc(CC=O)cc1Cl. The molecule has 0 aliphatic carbocycles. The topological polar surface area (TPSA) is 40.9 Å². The number of carbonyl (C=O) groups excluding carboxylic acids is 1. The van der Waals surface area contributed by atoms with Crippen LogP contribution in [0.2, 0.25) is 5.02 Å². The maximum absolute atomic E-state index is 10.1. The molecule has 3 heteroatoms. The van der Waals surface area contributed by atoms with Crippen molar-refractivity contribution in [2.24, 2.45) is 0 Å². The molecule has 0 bridgehead atoms. The van der Waals surface area contributed by atoms with E-state index in [1.165, 1.54) is 0 Å². The first kappa shape index (κ1) is 8.76. The average Bonchev–Trinajstić information content (AvgIpc) is 2.05. The number of hydrogen-bond acceptors (Lipinski definition) is 2. The lowest BCUT2D eigenvalue weighted by atomic mass is 10.1. The van der Waals surface area contributed by atoms with E-state index in [1.54, 1.807) is 18.2 Å². The molecule has 0 aliphatic heterocycles. The molecule has 0 radical (unpaired) electrons. The van der Waals surface area contributed by atoms with Gasteiger partial charge >= 0.3 is 0 Å². The third kappa shape index (κ3) is 1.84. The molecule has 0 spiro atoms. The van der Waals surface area contributed by atoms with Gasteiger partial charge in [-0.1, -0.05) is 17.7 Å². The molecule has 0 fully saturated rings. The molecule has 0 heterocycles. The van der Waals surface area contributed by atoms with Crippen LogP contribution in [0.1, 0.15) is 11.1 Å². The predicted molar refractivity (Wildman–Crippen MR) is 45.9 cm³/mol. The van der Waals surface area contributed by atoms with Crippen LogP contribution in [0.4, 0.5) is 0 Å². The minimum Gasteiger partial charge on any atom is -0.303 e. The highest BCUT2D eigenvalue weighted by atomic mass is 35.5. The number of halogens is 1. The first-order valence-corrected chi connectivity index (χ1v) is 3.78. The minimum atomic E-state index is 0.339. The van der Waals surface area contributed by atoms with Crippen LogP contribution in [0.5, 0.6) is 0 Å². The van der Waals surface area contributed by atoms with Crippen LogP contribution in [0.15, 0.2) is 18.2 Å². The van der Waals surface area contributed by atoms with Gasteiger partial charge in [0.1, 0.15) is 12.4 Å². The highest BCUT2D eigenvalue weighted by Gasteiger charge is 1.99. The second-order valence-electron chi connectivity index (χ2n) is 2.30. The molecule has 0 amide bonds. The minimum absolute atomic E-state index is 0.339. The quantitative estimate of drug-likeness (QED) is 0.652. The molecule has 0 N–H and O–H groups in total. The third-order valence-electron chi connectivity index (χ3n) is 1.47.